The van der Waals surface area contributed by atoms with E-state index in [2.05, 4.69) is 36.9 Å². The maximum absolute atomic E-state index is 12.6. The normalized spacial score (nSPS) is 25.2. The van der Waals surface area contributed by atoms with Gasteiger partial charge in [-0.05, 0) is 0 Å². The molecule has 4 heteroatoms. The fourth-order valence-corrected chi connectivity index (χ4v) is 6.51. The second-order valence-corrected chi connectivity index (χ2v) is 9.23. The molecule has 1 aliphatic heterocycles. The standard InChI is InChI=1S/C21H26O3Se/c1-3-5-13-17-19(21(22)23-4-2)16-12-9-14-18(20(16)24-17)25-15-10-7-6-8-11-15/h3,6-8,10-11,16,18,20H,1,4-5,9,12-14H2,2H3. The molecule has 3 rings (SSSR count). The summed E-state index contributed by atoms with van der Waals surface area (Å²) in [5.74, 6) is 0.870. The van der Waals surface area contributed by atoms with E-state index in [9.17, 15) is 4.79 Å². The first-order valence-corrected chi connectivity index (χ1v) is 11.0. The summed E-state index contributed by atoms with van der Waals surface area (Å²) in [7, 11) is 0. The monoisotopic (exact) mass is 406 g/mol. The number of fused-ring (bicyclic) bond motifs is 1. The van der Waals surface area contributed by atoms with E-state index < -0.39 is 0 Å². The number of allylic oxidation sites excluding steroid dienone is 2. The second-order valence-electron chi connectivity index (χ2n) is 6.47. The van der Waals surface area contributed by atoms with Crippen molar-refractivity contribution < 1.29 is 14.3 Å². The van der Waals surface area contributed by atoms with E-state index in [1.807, 2.05) is 13.0 Å². The molecule has 0 radical (unpaired) electrons. The van der Waals surface area contributed by atoms with Gasteiger partial charge in [-0.15, -0.1) is 0 Å². The average Bonchev–Trinajstić information content (AvgIpc) is 3.00. The van der Waals surface area contributed by atoms with E-state index in [1.54, 1.807) is 0 Å². The third-order valence-corrected chi connectivity index (χ3v) is 7.65. The van der Waals surface area contributed by atoms with Gasteiger partial charge in [0.1, 0.15) is 0 Å². The molecule has 1 saturated carbocycles. The van der Waals surface area contributed by atoms with E-state index in [0.29, 0.717) is 26.4 Å². The first-order chi connectivity index (χ1) is 12.2. The number of esters is 1. The zero-order valence-electron chi connectivity index (χ0n) is 14.8. The Morgan fingerprint density at radius 1 is 1.36 bits per heavy atom. The summed E-state index contributed by atoms with van der Waals surface area (Å²) < 4.78 is 13.1. The number of ether oxygens (including phenoxy) is 2. The van der Waals surface area contributed by atoms with Crippen molar-refractivity contribution in [1.29, 1.82) is 0 Å². The molecule has 3 atom stereocenters. The number of rotatable bonds is 7. The summed E-state index contributed by atoms with van der Waals surface area (Å²) in [5, 5.41) is 0. The molecule has 0 spiro atoms. The Morgan fingerprint density at radius 2 is 2.16 bits per heavy atom. The fourth-order valence-electron chi connectivity index (χ4n) is 3.73. The number of carbonyl (C=O) groups is 1. The first kappa shape index (κ1) is 18.3. The topological polar surface area (TPSA) is 35.5 Å². The van der Waals surface area contributed by atoms with Crippen molar-refractivity contribution in [3.63, 3.8) is 0 Å². The van der Waals surface area contributed by atoms with E-state index in [1.165, 1.54) is 10.9 Å². The van der Waals surface area contributed by atoms with Crippen molar-refractivity contribution in [1.82, 2.24) is 0 Å². The predicted octanol–water partition coefficient (Wildman–Crippen LogP) is 3.79. The molecule has 3 unspecified atom stereocenters. The van der Waals surface area contributed by atoms with Crippen LogP contribution in [-0.2, 0) is 14.3 Å². The van der Waals surface area contributed by atoms with Gasteiger partial charge < -0.3 is 0 Å². The van der Waals surface area contributed by atoms with E-state index >= 15 is 0 Å². The van der Waals surface area contributed by atoms with E-state index in [-0.39, 0.29) is 18.0 Å². The Bertz CT molecular complexity index is 638. The van der Waals surface area contributed by atoms with Crippen LogP contribution < -0.4 is 4.46 Å². The molecule has 25 heavy (non-hydrogen) atoms. The van der Waals surface area contributed by atoms with Crippen molar-refractivity contribution in [2.24, 2.45) is 5.92 Å². The number of benzene rings is 1. The molecule has 0 amide bonds. The van der Waals surface area contributed by atoms with Crippen molar-refractivity contribution >= 4 is 25.4 Å². The van der Waals surface area contributed by atoms with Crippen LogP contribution in [0.1, 0.15) is 39.0 Å². The first-order valence-electron chi connectivity index (χ1n) is 9.14. The molecule has 1 heterocycles. The molecule has 1 aromatic carbocycles. The van der Waals surface area contributed by atoms with Crippen LogP contribution in [0, 0.1) is 5.92 Å². The third kappa shape index (κ3) is 4.19. The molecule has 1 aliphatic carbocycles. The van der Waals surface area contributed by atoms with Gasteiger partial charge in [0.25, 0.3) is 0 Å². The van der Waals surface area contributed by atoms with Gasteiger partial charge >= 0.3 is 156 Å². The molecule has 2 aliphatic rings. The Balaban J connectivity index is 1.80. The minimum absolute atomic E-state index is 0.133. The summed E-state index contributed by atoms with van der Waals surface area (Å²) in [5.41, 5.74) is 0.808. The molecule has 0 aromatic heterocycles. The predicted molar refractivity (Wildman–Crippen MR) is 101 cm³/mol. The average molecular weight is 405 g/mol. The van der Waals surface area contributed by atoms with Crippen molar-refractivity contribution in [3.05, 3.63) is 54.3 Å². The molecule has 0 bridgehead atoms. The SMILES string of the molecule is C=CCCC1=C(C(=O)OCC)C2CCCC([Se]c3ccccc3)C2O1. The number of hydrogen-bond acceptors (Lipinski definition) is 3. The van der Waals surface area contributed by atoms with Crippen molar-refractivity contribution in [2.45, 2.75) is 49.9 Å². The van der Waals surface area contributed by atoms with Gasteiger partial charge in [-0.1, -0.05) is 0 Å². The Morgan fingerprint density at radius 3 is 2.88 bits per heavy atom. The van der Waals surface area contributed by atoms with Crippen LogP contribution in [0.5, 0.6) is 0 Å². The summed E-state index contributed by atoms with van der Waals surface area (Å²) in [6, 6.07) is 10.7. The fraction of sp³-hybridized carbons (Fsp3) is 0.476. The van der Waals surface area contributed by atoms with Crippen LogP contribution in [0.25, 0.3) is 0 Å². The Labute approximate surface area is 156 Å². The Kier molecular flexibility index (Phi) is 6.39. The van der Waals surface area contributed by atoms with Gasteiger partial charge in [-0.25, -0.2) is 0 Å². The molecule has 0 N–H and O–H groups in total. The van der Waals surface area contributed by atoms with Crippen LogP contribution in [-0.4, -0.2) is 33.6 Å². The molecule has 3 nitrogen and oxygen atoms in total. The Hall–Kier alpha value is -1.51. The van der Waals surface area contributed by atoms with Crippen LogP contribution in [0.3, 0.4) is 0 Å². The van der Waals surface area contributed by atoms with Gasteiger partial charge in [-0.3, -0.25) is 0 Å². The molecular weight excluding hydrogens is 379 g/mol. The van der Waals surface area contributed by atoms with Crippen LogP contribution >= 0.6 is 0 Å². The third-order valence-electron chi connectivity index (χ3n) is 4.82. The zero-order valence-corrected chi connectivity index (χ0v) is 16.5. The molecule has 134 valence electrons. The maximum atomic E-state index is 12.6. The van der Waals surface area contributed by atoms with Gasteiger partial charge in [-0.2, -0.15) is 0 Å². The van der Waals surface area contributed by atoms with Gasteiger partial charge in [0, 0.05) is 0 Å². The summed E-state index contributed by atoms with van der Waals surface area (Å²) in [6.07, 6.45) is 6.95. The van der Waals surface area contributed by atoms with Gasteiger partial charge in [0.05, 0.1) is 0 Å². The molecule has 0 saturated heterocycles. The molecule has 1 fully saturated rings. The number of carbonyl (C=O) groups excluding carboxylic acids is 1. The summed E-state index contributed by atoms with van der Waals surface area (Å²) in [6.45, 7) is 6.07. The van der Waals surface area contributed by atoms with E-state index in [0.717, 1.165) is 37.0 Å². The zero-order chi connectivity index (χ0) is 17.6. The van der Waals surface area contributed by atoms with Crippen molar-refractivity contribution in [2.75, 3.05) is 6.61 Å². The van der Waals surface area contributed by atoms with E-state index in [4.69, 9.17) is 9.47 Å². The quantitative estimate of drug-likeness (QED) is 0.393. The van der Waals surface area contributed by atoms with Crippen LogP contribution in [0.2, 0.25) is 4.82 Å². The molecular formula is C21H26O3Se. The summed E-state index contributed by atoms with van der Waals surface area (Å²) >= 11 is 0.359. The van der Waals surface area contributed by atoms with Crippen LogP contribution in [0.4, 0.5) is 0 Å². The molecule has 1 aromatic rings. The van der Waals surface area contributed by atoms with Crippen LogP contribution in [0.15, 0.2) is 54.3 Å². The summed E-state index contributed by atoms with van der Waals surface area (Å²) in [4.78, 5) is 13.1. The van der Waals surface area contributed by atoms with Gasteiger partial charge in [0.2, 0.25) is 0 Å². The van der Waals surface area contributed by atoms with Crippen molar-refractivity contribution in [3.8, 4) is 0 Å². The second kappa shape index (κ2) is 8.73. The minimum atomic E-state index is -0.179. The van der Waals surface area contributed by atoms with Gasteiger partial charge in [0.15, 0.2) is 0 Å². The number of hydrogen-bond donors (Lipinski definition) is 0.